The molecule has 0 spiro atoms. The lowest BCUT2D eigenvalue weighted by Gasteiger charge is -2.23. The Morgan fingerprint density at radius 1 is 0.778 bits per heavy atom. The van der Waals surface area contributed by atoms with Crippen LogP contribution in [0.5, 0.6) is 0 Å². The molecule has 1 N–H and O–H groups in total. The first-order valence-corrected chi connectivity index (χ1v) is 8.53. The second-order valence-corrected chi connectivity index (χ2v) is 7.31. The Balaban J connectivity index is 1.81. The molecule has 3 nitrogen and oxygen atoms in total. The quantitative estimate of drug-likeness (QED) is 0.588. The molecule has 0 unspecified atom stereocenters. The molecule has 0 aromatic rings. The Bertz CT molecular complexity index is 416. The zero-order valence-corrected chi connectivity index (χ0v) is 11.6. The third kappa shape index (κ3) is 4.00. The maximum Gasteiger partial charge on any atom is 0.267 e. The summed E-state index contributed by atoms with van der Waals surface area (Å²) in [5.74, 6) is 7.63. The first-order valence-electron chi connectivity index (χ1n) is 7.03. The van der Waals surface area contributed by atoms with Crippen LogP contribution in [0.1, 0.15) is 57.8 Å². The van der Waals surface area contributed by atoms with E-state index in [9.17, 15) is 8.42 Å². The van der Waals surface area contributed by atoms with Gasteiger partial charge in [-0.05, 0) is 38.5 Å². The van der Waals surface area contributed by atoms with Crippen LogP contribution in [0.25, 0.3) is 0 Å². The highest BCUT2D eigenvalue weighted by Gasteiger charge is 2.28. The van der Waals surface area contributed by atoms with E-state index in [1.165, 1.54) is 32.1 Å². The second kappa shape index (κ2) is 6.08. The molecule has 18 heavy (non-hydrogen) atoms. The molecule has 4 heteroatoms. The molecular formula is C14H22O3S. The molecule has 2 saturated carbocycles. The monoisotopic (exact) mass is 270 g/mol. The summed E-state index contributed by atoms with van der Waals surface area (Å²) in [5, 5.41) is -0.551. The van der Waals surface area contributed by atoms with E-state index in [-0.39, 0.29) is 0 Å². The normalized spacial score (nSPS) is 30.5. The first-order chi connectivity index (χ1) is 8.55. The maximum atomic E-state index is 11.0. The predicted octanol–water partition coefficient (Wildman–Crippen LogP) is 3.02. The first kappa shape index (κ1) is 13.9. The van der Waals surface area contributed by atoms with Gasteiger partial charge < -0.3 is 0 Å². The summed E-state index contributed by atoms with van der Waals surface area (Å²) in [5.41, 5.74) is 0. The molecule has 0 aromatic carbocycles. The Morgan fingerprint density at radius 3 is 1.78 bits per heavy atom. The van der Waals surface area contributed by atoms with Crippen LogP contribution in [-0.2, 0) is 10.1 Å². The van der Waals surface area contributed by atoms with Crippen LogP contribution in [0.2, 0.25) is 0 Å². The van der Waals surface area contributed by atoms with E-state index in [0.29, 0.717) is 24.7 Å². The van der Waals surface area contributed by atoms with Crippen LogP contribution in [0, 0.1) is 23.7 Å². The van der Waals surface area contributed by atoms with Crippen molar-refractivity contribution in [1.82, 2.24) is 0 Å². The maximum absolute atomic E-state index is 11.0. The van der Waals surface area contributed by atoms with E-state index in [0.717, 1.165) is 12.8 Å². The summed E-state index contributed by atoms with van der Waals surface area (Å²) in [6.45, 7) is 0. The molecule has 0 aromatic heterocycles. The standard InChI is InChI=1S/C14H22O3S/c15-18(16,17)14-10-8-13(9-11-14)7-6-12-4-2-1-3-5-12/h12-14H,1-5,8-11H2,(H,15,16,17). The van der Waals surface area contributed by atoms with Gasteiger partial charge in [-0.2, -0.15) is 8.42 Å². The second-order valence-electron chi connectivity index (χ2n) is 5.61. The van der Waals surface area contributed by atoms with Crippen LogP contribution in [-0.4, -0.2) is 18.2 Å². The summed E-state index contributed by atoms with van der Waals surface area (Å²) in [6.07, 6.45) is 9.14. The van der Waals surface area contributed by atoms with Gasteiger partial charge in [0, 0.05) is 11.8 Å². The smallest absolute Gasteiger partial charge is 0.267 e. The van der Waals surface area contributed by atoms with E-state index in [1.54, 1.807) is 0 Å². The zero-order valence-electron chi connectivity index (χ0n) is 10.8. The highest BCUT2D eigenvalue weighted by Crippen LogP contribution is 2.28. The topological polar surface area (TPSA) is 54.4 Å². The minimum atomic E-state index is -3.83. The molecule has 2 aliphatic carbocycles. The van der Waals surface area contributed by atoms with Crippen molar-refractivity contribution in [3.05, 3.63) is 0 Å². The summed E-state index contributed by atoms with van der Waals surface area (Å²) < 4.78 is 31.0. The van der Waals surface area contributed by atoms with Gasteiger partial charge in [0.15, 0.2) is 0 Å². The number of hydrogen-bond acceptors (Lipinski definition) is 2. The molecule has 2 rings (SSSR count). The third-order valence-corrected chi connectivity index (χ3v) is 5.51. The Kier molecular flexibility index (Phi) is 4.69. The van der Waals surface area contributed by atoms with Crippen molar-refractivity contribution in [3.8, 4) is 11.8 Å². The van der Waals surface area contributed by atoms with Gasteiger partial charge in [0.25, 0.3) is 10.1 Å². The zero-order chi connectivity index (χ0) is 13.0. The average Bonchev–Trinajstić information content (AvgIpc) is 2.37. The molecule has 0 atom stereocenters. The van der Waals surface area contributed by atoms with Gasteiger partial charge in [-0.3, -0.25) is 4.55 Å². The molecular weight excluding hydrogens is 248 g/mol. The van der Waals surface area contributed by atoms with E-state index < -0.39 is 15.4 Å². The lowest BCUT2D eigenvalue weighted by molar-refractivity contribution is 0.391. The SMILES string of the molecule is O=S(=O)(O)C1CCC(C#CC2CCCCC2)CC1. The van der Waals surface area contributed by atoms with Crippen LogP contribution in [0.15, 0.2) is 0 Å². The fourth-order valence-corrected chi connectivity index (χ4v) is 3.86. The fraction of sp³-hybridized carbons (Fsp3) is 0.857. The van der Waals surface area contributed by atoms with Crippen LogP contribution >= 0.6 is 0 Å². The van der Waals surface area contributed by atoms with E-state index in [1.807, 2.05) is 0 Å². The molecule has 0 bridgehead atoms. The van der Waals surface area contributed by atoms with E-state index >= 15 is 0 Å². The van der Waals surface area contributed by atoms with Gasteiger partial charge in [-0.25, -0.2) is 0 Å². The van der Waals surface area contributed by atoms with Gasteiger partial charge in [-0.15, -0.1) is 0 Å². The third-order valence-electron chi connectivity index (χ3n) is 4.19. The van der Waals surface area contributed by atoms with Crippen molar-refractivity contribution in [2.75, 3.05) is 0 Å². The molecule has 2 fully saturated rings. The summed E-state index contributed by atoms with van der Waals surface area (Å²) in [7, 11) is -3.83. The Labute approximate surface area is 110 Å². The van der Waals surface area contributed by atoms with Crippen molar-refractivity contribution in [2.24, 2.45) is 11.8 Å². The highest BCUT2D eigenvalue weighted by atomic mass is 32.2. The van der Waals surface area contributed by atoms with Crippen molar-refractivity contribution in [3.63, 3.8) is 0 Å². The molecule has 0 aliphatic heterocycles. The largest absolute Gasteiger partial charge is 0.285 e. The van der Waals surface area contributed by atoms with Crippen molar-refractivity contribution in [2.45, 2.75) is 63.0 Å². The summed E-state index contributed by atoms with van der Waals surface area (Å²) in [4.78, 5) is 0. The summed E-state index contributed by atoms with van der Waals surface area (Å²) in [6, 6.07) is 0. The molecule has 0 amide bonds. The van der Waals surface area contributed by atoms with Gasteiger partial charge >= 0.3 is 0 Å². The van der Waals surface area contributed by atoms with Crippen molar-refractivity contribution >= 4 is 10.1 Å². The molecule has 102 valence electrons. The summed E-state index contributed by atoms with van der Waals surface area (Å²) >= 11 is 0. The Morgan fingerprint density at radius 2 is 1.28 bits per heavy atom. The number of hydrogen-bond donors (Lipinski definition) is 1. The van der Waals surface area contributed by atoms with E-state index in [2.05, 4.69) is 11.8 Å². The molecule has 0 heterocycles. The van der Waals surface area contributed by atoms with E-state index in [4.69, 9.17) is 4.55 Å². The van der Waals surface area contributed by atoms with Crippen LogP contribution in [0.4, 0.5) is 0 Å². The van der Waals surface area contributed by atoms with Crippen molar-refractivity contribution in [1.29, 1.82) is 0 Å². The molecule has 2 aliphatic rings. The Hall–Kier alpha value is -0.530. The minimum Gasteiger partial charge on any atom is -0.285 e. The van der Waals surface area contributed by atoms with Crippen LogP contribution < -0.4 is 0 Å². The van der Waals surface area contributed by atoms with Gasteiger partial charge in [-0.1, -0.05) is 31.1 Å². The van der Waals surface area contributed by atoms with Crippen molar-refractivity contribution < 1.29 is 13.0 Å². The minimum absolute atomic E-state index is 0.338. The average molecular weight is 270 g/mol. The van der Waals surface area contributed by atoms with Crippen LogP contribution in [0.3, 0.4) is 0 Å². The number of rotatable bonds is 1. The lowest BCUT2D eigenvalue weighted by atomic mass is 9.86. The highest BCUT2D eigenvalue weighted by molar-refractivity contribution is 7.86. The van der Waals surface area contributed by atoms with Gasteiger partial charge in [0.05, 0.1) is 5.25 Å². The lowest BCUT2D eigenvalue weighted by Crippen LogP contribution is -2.26. The van der Waals surface area contributed by atoms with Gasteiger partial charge in [0.1, 0.15) is 0 Å². The predicted molar refractivity (Wildman–Crippen MR) is 71.6 cm³/mol. The molecule has 0 saturated heterocycles. The van der Waals surface area contributed by atoms with Gasteiger partial charge in [0.2, 0.25) is 0 Å². The fourth-order valence-electron chi connectivity index (χ4n) is 2.99. The molecule has 0 radical (unpaired) electrons.